The molecule has 0 bridgehead atoms. The summed E-state index contributed by atoms with van der Waals surface area (Å²) in [4.78, 5) is 1.39. The summed E-state index contributed by atoms with van der Waals surface area (Å²) in [6, 6.07) is 8.88. The van der Waals surface area contributed by atoms with Crippen molar-refractivity contribution in [3.8, 4) is 0 Å². The first kappa shape index (κ1) is 14.0. The lowest BCUT2D eigenvalue weighted by atomic mass is 9.81. The Labute approximate surface area is 116 Å². The molecule has 100 valence electrons. The van der Waals surface area contributed by atoms with E-state index in [1.807, 2.05) is 18.7 Å². The molecule has 18 heavy (non-hydrogen) atoms. The minimum atomic E-state index is 0.135. The lowest BCUT2D eigenvalue weighted by Gasteiger charge is -2.31. The van der Waals surface area contributed by atoms with Gasteiger partial charge in [-0.15, -0.1) is 11.8 Å². The topological polar surface area (TPSA) is 26.0 Å². The smallest absolute Gasteiger partial charge is 0.0266 e. The SMILES string of the molecule is CC(N)c1cccc(SC2CCC(C)C(C)C2)c1. The average molecular weight is 263 g/mol. The van der Waals surface area contributed by atoms with Crippen molar-refractivity contribution in [1.82, 2.24) is 0 Å². The second-order valence-electron chi connectivity index (χ2n) is 5.87. The van der Waals surface area contributed by atoms with E-state index in [4.69, 9.17) is 5.73 Å². The number of nitrogens with two attached hydrogens (primary N) is 1. The molecule has 1 aliphatic carbocycles. The zero-order valence-corrected chi connectivity index (χ0v) is 12.5. The summed E-state index contributed by atoms with van der Waals surface area (Å²) in [5, 5.41) is 0.791. The first-order valence-electron chi connectivity index (χ1n) is 7.08. The normalized spacial score (nSPS) is 30.1. The summed E-state index contributed by atoms with van der Waals surface area (Å²) in [5.41, 5.74) is 7.19. The summed E-state index contributed by atoms with van der Waals surface area (Å²) in [6.45, 7) is 6.84. The standard InChI is InChI=1S/C16H25NS/c1-11-7-8-16(9-12(11)2)18-15-6-4-5-14(10-15)13(3)17/h4-6,10-13,16H,7-9,17H2,1-3H3. The van der Waals surface area contributed by atoms with E-state index >= 15 is 0 Å². The van der Waals surface area contributed by atoms with Crippen molar-refractivity contribution in [1.29, 1.82) is 0 Å². The van der Waals surface area contributed by atoms with Gasteiger partial charge in [0.25, 0.3) is 0 Å². The van der Waals surface area contributed by atoms with E-state index in [1.54, 1.807) is 0 Å². The molecule has 2 N–H and O–H groups in total. The van der Waals surface area contributed by atoms with Crippen LogP contribution in [0.15, 0.2) is 29.2 Å². The second kappa shape index (κ2) is 6.12. The molecule has 2 rings (SSSR count). The van der Waals surface area contributed by atoms with Crippen molar-refractivity contribution < 1.29 is 0 Å². The predicted molar refractivity (Wildman–Crippen MR) is 80.9 cm³/mol. The van der Waals surface area contributed by atoms with Gasteiger partial charge in [-0.05, 0) is 55.7 Å². The van der Waals surface area contributed by atoms with Gasteiger partial charge in [0, 0.05) is 16.2 Å². The maximum absolute atomic E-state index is 5.95. The number of rotatable bonds is 3. The highest BCUT2D eigenvalue weighted by Crippen LogP contribution is 2.39. The van der Waals surface area contributed by atoms with E-state index in [1.165, 1.54) is 29.7 Å². The van der Waals surface area contributed by atoms with E-state index in [0.29, 0.717) is 0 Å². The van der Waals surface area contributed by atoms with Crippen LogP contribution in [0.4, 0.5) is 0 Å². The van der Waals surface area contributed by atoms with Crippen LogP contribution in [0, 0.1) is 11.8 Å². The fourth-order valence-electron chi connectivity index (χ4n) is 2.67. The molecular formula is C16H25NS. The Bertz CT molecular complexity index is 388. The zero-order valence-electron chi connectivity index (χ0n) is 11.7. The van der Waals surface area contributed by atoms with Gasteiger partial charge in [-0.2, -0.15) is 0 Å². The number of hydrogen-bond acceptors (Lipinski definition) is 2. The van der Waals surface area contributed by atoms with Crippen LogP contribution in [0.25, 0.3) is 0 Å². The third-order valence-corrected chi connectivity index (χ3v) is 5.52. The molecule has 0 aromatic heterocycles. The van der Waals surface area contributed by atoms with Crippen LogP contribution in [0.5, 0.6) is 0 Å². The van der Waals surface area contributed by atoms with E-state index in [2.05, 4.69) is 38.1 Å². The van der Waals surface area contributed by atoms with E-state index in [-0.39, 0.29) is 6.04 Å². The van der Waals surface area contributed by atoms with Crippen LogP contribution in [0.1, 0.15) is 51.6 Å². The maximum atomic E-state index is 5.95. The van der Waals surface area contributed by atoms with Gasteiger partial charge in [0.2, 0.25) is 0 Å². The summed E-state index contributed by atoms with van der Waals surface area (Å²) in [5.74, 6) is 1.77. The van der Waals surface area contributed by atoms with Crippen LogP contribution in [-0.2, 0) is 0 Å². The quantitative estimate of drug-likeness (QED) is 0.861. The summed E-state index contributed by atoms with van der Waals surface area (Å²) in [6.07, 6.45) is 4.10. The van der Waals surface area contributed by atoms with E-state index in [0.717, 1.165) is 17.1 Å². The van der Waals surface area contributed by atoms with Crippen LogP contribution in [0.2, 0.25) is 0 Å². The minimum Gasteiger partial charge on any atom is -0.324 e. The molecule has 4 unspecified atom stereocenters. The molecular weight excluding hydrogens is 238 g/mol. The third-order valence-electron chi connectivity index (χ3n) is 4.24. The zero-order chi connectivity index (χ0) is 13.1. The molecule has 1 fully saturated rings. The van der Waals surface area contributed by atoms with Gasteiger partial charge in [0.1, 0.15) is 0 Å². The van der Waals surface area contributed by atoms with Gasteiger partial charge in [-0.25, -0.2) is 0 Å². The van der Waals surface area contributed by atoms with Crippen molar-refractivity contribution in [2.24, 2.45) is 17.6 Å². The summed E-state index contributed by atoms with van der Waals surface area (Å²) < 4.78 is 0. The monoisotopic (exact) mass is 263 g/mol. The third kappa shape index (κ3) is 3.52. The van der Waals surface area contributed by atoms with Crippen LogP contribution >= 0.6 is 11.8 Å². The summed E-state index contributed by atoms with van der Waals surface area (Å²) >= 11 is 2.05. The van der Waals surface area contributed by atoms with Crippen LogP contribution < -0.4 is 5.73 Å². The molecule has 2 heteroatoms. The number of benzene rings is 1. The molecule has 0 amide bonds. The fourth-order valence-corrected chi connectivity index (χ4v) is 4.07. The molecule has 0 aliphatic heterocycles. The van der Waals surface area contributed by atoms with Gasteiger partial charge < -0.3 is 5.73 Å². The Balaban J connectivity index is 1.99. The number of thioether (sulfide) groups is 1. The molecule has 0 spiro atoms. The van der Waals surface area contributed by atoms with Gasteiger partial charge in [-0.3, -0.25) is 0 Å². The molecule has 1 saturated carbocycles. The van der Waals surface area contributed by atoms with Gasteiger partial charge in [-0.1, -0.05) is 26.0 Å². The average Bonchev–Trinajstić information content (AvgIpc) is 2.34. The highest BCUT2D eigenvalue weighted by atomic mass is 32.2. The summed E-state index contributed by atoms with van der Waals surface area (Å²) in [7, 11) is 0. The minimum absolute atomic E-state index is 0.135. The Hall–Kier alpha value is -0.470. The molecule has 1 nitrogen and oxygen atoms in total. The van der Waals surface area contributed by atoms with Crippen molar-refractivity contribution >= 4 is 11.8 Å². The molecule has 0 saturated heterocycles. The predicted octanol–water partition coefficient (Wildman–Crippen LogP) is 4.62. The Morgan fingerprint density at radius 1 is 1.22 bits per heavy atom. The Kier molecular flexibility index (Phi) is 4.74. The van der Waals surface area contributed by atoms with Crippen molar-refractivity contribution in [3.63, 3.8) is 0 Å². The largest absolute Gasteiger partial charge is 0.324 e. The van der Waals surface area contributed by atoms with Crippen molar-refractivity contribution in [2.75, 3.05) is 0 Å². The highest BCUT2D eigenvalue weighted by molar-refractivity contribution is 8.00. The Morgan fingerprint density at radius 3 is 2.67 bits per heavy atom. The first-order valence-corrected chi connectivity index (χ1v) is 7.96. The maximum Gasteiger partial charge on any atom is 0.0266 e. The van der Waals surface area contributed by atoms with Crippen LogP contribution in [-0.4, -0.2) is 5.25 Å². The second-order valence-corrected chi connectivity index (χ2v) is 7.24. The van der Waals surface area contributed by atoms with E-state index < -0.39 is 0 Å². The molecule has 4 atom stereocenters. The van der Waals surface area contributed by atoms with Crippen LogP contribution in [0.3, 0.4) is 0 Å². The number of hydrogen-bond donors (Lipinski definition) is 1. The van der Waals surface area contributed by atoms with Gasteiger partial charge in [0.15, 0.2) is 0 Å². The van der Waals surface area contributed by atoms with Crippen molar-refractivity contribution in [2.45, 2.75) is 56.2 Å². The molecule has 0 radical (unpaired) electrons. The van der Waals surface area contributed by atoms with Gasteiger partial charge in [0.05, 0.1) is 0 Å². The van der Waals surface area contributed by atoms with Crippen molar-refractivity contribution in [3.05, 3.63) is 29.8 Å². The molecule has 1 aromatic rings. The fraction of sp³-hybridized carbons (Fsp3) is 0.625. The lowest BCUT2D eigenvalue weighted by Crippen LogP contribution is -2.22. The molecule has 0 heterocycles. The Morgan fingerprint density at radius 2 is 2.00 bits per heavy atom. The molecule has 1 aromatic carbocycles. The van der Waals surface area contributed by atoms with Gasteiger partial charge >= 0.3 is 0 Å². The van der Waals surface area contributed by atoms with E-state index in [9.17, 15) is 0 Å². The first-order chi connectivity index (χ1) is 8.56. The molecule has 1 aliphatic rings. The highest BCUT2D eigenvalue weighted by Gasteiger charge is 2.25. The lowest BCUT2D eigenvalue weighted by molar-refractivity contribution is 0.283.